The normalized spacial score (nSPS) is 10.4. The minimum atomic E-state index is -1.50. The Balaban J connectivity index is 2.46. The zero-order valence-corrected chi connectivity index (χ0v) is 10.4. The summed E-state index contributed by atoms with van der Waals surface area (Å²) in [6, 6.07) is 5.05. The van der Waals surface area contributed by atoms with Crippen molar-refractivity contribution >= 4 is 12.6 Å². The molecule has 0 aliphatic heterocycles. The highest BCUT2D eigenvalue weighted by atomic mass is 16.5. The molecular weight excluding hydrogens is 231 g/mol. The van der Waals surface area contributed by atoms with Gasteiger partial charge in [-0.3, -0.25) is 0 Å². The number of ether oxygens (including phenoxy) is 1. The molecule has 5 nitrogen and oxygen atoms in total. The number of imidazole rings is 1. The molecular formula is C12H15BN2O3. The van der Waals surface area contributed by atoms with Crippen molar-refractivity contribution in [2.75, 3.05) is 6.61 Å². The number of hydrogen-bond acceptors (Lipinski definition) is 4. The van der Waals surface area contributed by atoms with Gasteiger partial charge in [-0.05, 0) is 31.4 Å². The molecule has 0 saturated carbocycles. The maximum atomic E-state index is 9.16. The van der Waals surface area contributed by atoms with Gasteiger partial charge in [-0.25, -0.2) is 4.98 Å². The van der Waals surface area contributed by atoms with Crippen molar-refractivity contribution in [2.45, 2.75) is 13.8 Å². The van der Waals surface area contributed by atoms with E-state index in [0.29, 0.717) is 17.8 Å². The lowest BCUT2D eigenvalue weighted by Crippen LogP contribution is -2.29. The van der Waals surface area contributed by atoms with E-state index in [1.165, 1.54) is 0 Å². The second-order valence-corrected chi connectivity index (χ2v) is 3.96. The van der Waals surface area contributed by atoms with E-state index in [9.17, 15) is 0 Å². The van der Waals surface area contributed by atoms with Crippen LogP contribution in [0.25, 0.3) is 5.69 Å². The topological polar surface area (TPSA) is 67.5 Å². The summed E-state index contributed by atoms with van der Waals surface area (Å²) in [6.07, 6.45) is 3.58. The van der Waals surface area contributed by atoms with Gasteiger partial charge >= 0.3 is 7.12 Å². The average molecular weight is 246 g/mol. The lowest BCUT2D eigenvalue weighted by Gasteiger charge is -2.12. The molecule has 2 aromatic rings. The average Bonchev–Trinajstić information content (AvgIpc) is 2.76. The van der Waals surface area contributed by atoms with Crippen LogP contribution in [0.4, 0.5) is 0 Å². The predicted octanol–water partition coefficient (Wildman–Crippen LogP) is 0.259. The van der Waals surface area contributed by atoms with Gasteiger partial charge in [0.05, 0.1) is 24.3 Å². The van der Waals surface area contributed by atoms with Crippen LogP contribution < -0.4 is 10.2 Å². The van der Waals surface area contributed by atoms with Crippen LogP contribution in [0.5, 0.6) is 5.75 Å². The molecule has 0 spiro atoms. The minimum Gasteiger partial charge on any atom is -0.492 e. The molecule has 0 radical (unpaired) electrons. The van der Waals surface area contributed by atoms with Crippen molar-refractivity contribution in [2.24, 2.45) is 0 Å². The van der Waals surface area contributed by atoms with E-state index in [-0.39, 0.29) is 0 Å². The Labute approximate surface area is 106 Å². The first-order chi connectivity index (χ1) is 8.61. The minimum absolute atomic E-state index is 0.402. The summed E-state index contributed by atoms with van der Waals surface area (Å²) in [5, 5.41) is 18.3. The maximum Gasteiger partial charge on any atom is 0.488 e. The highest BCUT2D eigenvalue weighted by Gasteiger charge is 2.15. The highest BCUT2D eigenvalue weighted by molar-refractivity contribution is 6.58. The smallest absolute Gasteiger partial charge is 0.488 e. The lowest BCUT2D eigenvalue weighted by molar-refractivity contribution is 0.339. The summed E-state index contributed by atoms with van der Waals surface area (Å²) < 4.78 is 7.36. The highest BCUT2D eigenvalue weighted by Crippen LogP contribution is 2.21. The van der Waals surface area contributed by atoms with Crippen LogP contribution in [-0.2, 0) is 0 Å². The van der Waals surface area contributed by atoms with Gasteiger partial charge in [0.25, 0.3) is 0 Å². The first kappa shape index (κ1) is 12.7. The van der Waals surface area contributed by atoms with Gasteiger partial charge in [0, 0.05) is 6.20 Å². The van der Waals surface area contributed by atoms with Crippen molar-refractivity contribution < 1.29 is 14.8 Å². The number of aryl methyl sites for hydroxylation is 1. The van der Waals surface area contributed by atoms with E-state index in [1.807, 2.05) is 24.6 Å². The summed E-state index contributed by atoms with van der Waals surface area (Å²) in [4.78, 5) is 4.16. The van der Waals surface area contributed by atoms with Crippen LogP contribution in [0.3, 0.4) is 0 Å². The van der Waals surface area contributed by atoms with Crippen molar-refractivity contribution in [1.82, 2.24) is 9.55 Å². The Morgan fingerprint density at radius 1 is 1.39 bits per heavy atom. The molecule has 2 rings (SSSR count). The van der Waals surface area contributed by atoms with Crippen LogP contribution in [0.1, 0.15) is 12.6 Å². The quantitative estimate of drug-likeness (QED) is 0.759. The lowest BCUT2D eigenvalue weighted by atomic mass is 9.80. The summed E-state index contributed by atoms with van der Waals surface area (Å²) in [7, 11) is -1.50. The number of hydrogen-bond donors (Lipinski definition) is 2. The van der Waals surface area contributed by atoms with E-state index in [4.69, 9.17) is 14.8 Å². The van der Waals surface area contributed by atoms with Crippen LogP contribution >= 0.6 is 0 Å². The zero-order chi connectivity index (χ0) is 13.1. The zero-order valence-electron chi connectivity index (χ0n) is 10.4. The van der Waals surface area contributed by atoms with E-state index < -0.39 is 7.12 Å². The number of nitrogens with zero attached hydrogens (tertiary/aromatic N) is 2. The molecule has 0 amide bonds. The second-order valence-electron chi connectivity index (χ2n) is 3.96. The number of benzene rings is 1. The van der Waals surface area contributed by atoms with Gasteiger partial charge in [-0.1, -0.05) is 6.07 Å². The largest absolute Gasteiger partial charge is 0.492 e. The first-order valence-electron chi connectivity index (χ1n) is 5.75. The van der Waals surface area contributed by atoms with E-state index in [1.54, 1.807) is 24.5 Å². The molecule has 0 aliphatic rings. The molecule has 1 aromatic heterocycles. The molecule has 18 heavy (non-hydrogen) atoms. The number of aromatic nitrogens is 2. The SMILES string of the molecule is CCOc1cc(B(O)O)ccc1-n1cnc(C)c1. The standard InChI is InChI=1S/C12H15BN2O3/c1-3-18-12-6-10(13(16)17)4-5-11(12)15-7-9(2)14-8-15/h4-8,16-17H,3H2,1-2H3. The van der Waals surface area contributed by atoms with Crippen molar-refractivity contribution in [3.05, 3.63) is 36.4 Å². The van der Waals surface area contributed by atoms with Gasteiger partial charge in [-0.15, -0.1) is 0 Å². The van der Waals surface area contributed by atoms with Gasteiger partial charge in [0.15, 0.2) is 0 Å². The third kappa shape index (κ3) is 2.55. The van der Waals surface area contributed by atoms with Gasteiger partial charge in [-0.2, -0.15) is 0 Å². The fourth-order valence-electron chi connectivity index (χ4n) is 1.73. The Morgan fingerprint density at radius 2 is 2.17 bits per heavy atom. The Morgan fingerprint density at radius 3 is 2.72 bits per heavy atom. The molecule has 0 fully saturated rings. The van der Waals surface area contributed by atoms with Crippen LogP contribution in [0.15, 0.2) is 30.7 Å². The molecule has 0 saturated heterocycles. The summed E-state index contributed by atoms with van der Waals surface area (Å²) in [5.41, 5.74) is 2.13. The summed E-state index contributed by atoms with van der Waals surface area (Å²) >= 11 is 0. The third-order valence-electron chi connectivity index (χ3n) is 2.57. The van der Waals surface area contributed by atoms with Crippen LogP contribution in [-0.4, -0.2) is 33.3 Å². The third-order valence-corrected chi connectivity index (χ3v) is 2.57. The molecule has 0 bridgehead atoms. The second kappa shape index (κ2) is 5.24. The molecule has 0 unspecified atom stereocenters. The molecule has 0 aliphatic carbocycles. The Hall–Kier alpha value is -1.79. The van der Waals surface area contributed by atoms with Crippen LogP contribution in [0.2, 0.25) is 0 Å². The molecule has 2 N–H and O–H groups in total. The van der Waals surface area contributed by atoms with E-state index >= 15 is 0 Å². The monoisotopic (exact) mass is 246 g/mol. The van der Waals surface area contributed by atoms with E-state index in [0.717, 1.165) is 11.4 Å². The first-order valence-corrected chi connectivity index (χ1v) is 5.75. The van der Waals surface area contributed by atoms with Gasteiger partial charge in [0.1, 0.15) is 5.75 Å². The Bertz CT molecular complexity index is 540. The fourth-order valence-corrected chi connectivity index (χ4v) is 1.73. The van der Waals surface area contributed by atoms with Crippen LogP contribution in [0, 0.1) is 6.92 Å². The van der Waals surface area contributed by atoms with Gasteiger partial charge in [0.2, 0.25) is 0 Å². The van der Waals surface area contributed by atoms with Crippen molar-refractivity contribution in [3.8, 4) is 11.4 Å². The molecule has 94 valence electrons. The van der Waals surface area contributed by atoms with Crippen molar-refractivity contribution in [3.63, 3.8) is 0 Å². The Kier molecular flexibility index (Phi) is 3.69. The number of rotatable bonds is 4. The molecule has 0 atom stereocenters. The summed E-state index contributed by atoms with van der Waals surface area (Å²) in [6.45, 7) is 4.29. The molecule has 1 heterocycles. The van der Waals surface area contributed by atoms with Gasteiger partial charge < -0.3 is 19.4 Å². The predicted molar refractivity (Wildman–Crippen MR) is 69.3 cm³/mol. The fraction of sp³-hybridized carbons (Fsp3) is 0.250. The van der Waals surface area contributed by atoms with Crippen molar-refractivity contribution in [1.29, 1.82) is 0 Å². The molecule has 1 aromatic carbocycles. The molecule has 6 heteroatoms. The maximum absolute atomic E-state index is 9.16. The summed E-state index contributed by atoms with van der Waals surface area (Å²) in [5.74, 6) is 0.598. The van der Waals surface area contributed by atoms with E-state index in [2.05, 4.69) is 4.98 Å².